The molecule has 0 unspecified atom stereocenters. The summed E-state index contributed by atoms with van der Waals surface area (Å²) in [5.74, 6) is -0.000792. The molecular weight excluding hydrogens is 464 g/mol. The highest BCUT2D eigenvalue weighted by atomic mass is 32.2. The third-order valence-corrected chi connectivity index (χ3v) is 6.84. The van der Waals surface area contributed by atoms with Crippen molar-refractivity contribution in [3.8, 4) is 5.75 Å². The average Bonchev–Trinajstić information content (AvgIpc) is 2.86. The number of para-hydroxylation sites is 1. The molecule has 11 nitrogen and oxygen atoms in total. The van der Waals surface area contributed by atoms with Crippen LogP contribution in [0.2, 0.25) is 0 Å². The van der Waals surface area contributed by atoms with Crippen molar-refractivity contribution in [2.75, 3.05) is 32.8 Å². The molecule has 0 bridgehead atoms. The molecule has 3 rings (SSSR count). The van der Waals surface area contributed by atoms with Crippen LogP contribution in [0.4, 0.5) is 5.69 Å². The lowest BCUT2D eigenvalue weighted by molar-refractivity contribution is -0.385. The SMILES string of the molecule is O=C(NCCNS(=O)(=O)c1cccc([N+](=O)[O-])c1)C1CCN(C(=O)COc2ccccc2)CC1. The number of sulfonamides is 1. The molecule has 34 heavy (non-hydrogen) atoms. The Bertz CT molecular complexity index is 1120. The van der Waals surface area contributed by atoms with Crippen molar-refractivity contribution in [3.05, 3.63) is 64.7 Å². The Hall–Kier alpha value is -3.51. The van der Waals surface area contributed by atoms with Gasteiger partial charge in [0.25, 0.3) is 11.6 Å². The number of carbonyl (C=O) groups is 2. The molecule has 2 N–H and O–H groups in total. The number of amides is 2. The Morgan fingerprint density at radius 1 is 1.06 bits per heavy atom. The van der Waals surface area contributed by atoms with Crippen LogP contribution in [-0.4, -0.2) is 62.8 Å². The van der Waals surface area contributed by atoms with E-state index in [9.17, 15) is 28.1 Å². The summed E-state index contributed by atoms with van der Waals surface area (Å²) in [5.41, 5.74) is -0.326. The van der Waals surface area contributed by atoms with Gasteiger partial charge in [-0.1, -0.05) is 24.3 Å². The van der Waals surface area contributed by atoms with E-state index in [0.717, 1.165) is 6.07 Å². The number of non-ortho nitro benzene ring substituents is 1. The fourth-order valence-corrected chi connectivity index (χ4v) is 4.58. The van der Waals surface area contributed by atoms with Crippen molar-refractivity contribution < 1.29 is 27.7 Å². The van der Waals surface area contributed by atoms with E-state index in [4.69, 9.17) is 4.74 Å². The largest absolute Gasteiger partial charge is 0.484 e. The van der Waals surface area contributed by atoms with Gasteiger partial charge in [0.2, 0.25) is 15.9 Å². The van der Waals surface area contributed by atoms with Crippen molar-refractivity contribution >= 4 is 27.5 Å². The van der Waals surface area contributed by atoms with Crippen molar-refractivity contribution in [1.82, 2.24) is 14.9 Å². The molecule has 0 saturated carbocycles. The van der Waals surface area contributed by atoms with Crippen LogP contribution in [0, 0.1) is 16.0 Å². The first-order valence-electron chi connectivity index (χ1n) is 10.7. The summed E-state index contributed by atoms with van der Waals surface area (Å²) in [5, 5.41) is 13.5. The van der Waals surface area contributed by atoms with Crippen LogP contribution in [0.1, 0.15) is 12.8 Å². The van der Waals surface area contributed by atoms with E-state index >= 15 is 0 Å². The molecule has 1 aliphatic heterocycles. The minimum Gasteiger partial charge on any atom is -0.484 e. The van der Waals surface area contributed by atoms with Gasteiger partial charge in [-0.2, -0.15) is 0 Å². The van der Waals surface area contributed by atoms with Gasteiger partial charge in [0, 0.05) is 44.2 Å². The number of benzene rings is 2. The first kappa shape index (κ1) is 25.1. The van der Waals surface area contributed by atoms with E-state index in [1.165, 1.54) is 18.2 Å². The molecule has 0 radical (unpaired) electrons. The van der Waals surface area contributed by atoms with Gasteiger partial charge in [0.1, 0.15) is 5.75 Å². The van der Waals surface area contributed by atoms with E-state index < -0.39 is 14.9 Å². The Morgan fingerprint density at radius 2 is 1.76 bits per heavy atom. The van der Waals surface area contributed by atoms with E-state index in [1.807, 2.05) is 18.2 Å². The molecule has 0 atom stereocenters. The summed E-state index contributed by atoms with van der Waals surface area (Å²) in [4.78, 5) is 36.3. The highest BCUT2D eigenvalue weighted by molar-refractivity contribution is 7.89. The van der Waals surface area contributed by atoms with Crippen molar-refractivity contribution in [2.24, 2.45) is 5.92 Å². The van der Waals surface area contributed by atoms with Crippen molar-refractivity contribution in [3.63, 3.8) is 0 Å². The summed E-state index contributed by atoms with van der Waals surface area (Å²) in [6.07, 6.45) is 1.00. The van der Waals surface area contributed by atoms with Crippen molar-refractivity contribution in [2.45, 2.75) is 17.7 Å². The quantitative estimate of drug-likeness (QED) is 0.290. The average molecular weight is 491 g/mol. The fourth-order valence-electron chi connectivity index (χ4n) is 3.51. The number of ether oxygens (including phenoxy) is 1. The Morgan fingerprint density at radius 3 is 2.44 bits per heavy atom. The highest BCUT2D eigenvalue weighted by Crippen LogP contribution is 2.19. The lowest BCUT2D eigenvalue weighted by Crippen LogP contribution is -2.45. The smallest absolute Gasteiger partial charge is 0.270 e. The maximum absolute atomic E-state index is 12.4. The first-order chi connectivity index (χ1) is 16.3. The van der Waals surface area contributed by atoms with Gasteiger partial charge in [-0.15, -0.1) is 0 Å². The molecule has 1 saturated heterocycles. The topological polar surface area (TPSA) is 148 Å². The third-order valence-electron chi connectivity index (χ3n) is 5.38. The number of rotatable bonds is 10. The maximum Gasteiger partial charge on any atom is 0.270 e. The van der Waals surface area contributed by atoms with Gasteiger partial charge >= 0.3 is 0 Å². The Kier molecular flexibility index (Phi) is 8.55. The zero-order valence-corrected chi connectivity index (χ0v) is 19.2. The lowest BCUT2D eigenvalue weighted by Gasteiger charge is -2.31. The molecule has 1 aliphatic rings. The number of likely N-dealkylation sites (tertiary alicyclic amines) is 1. The zero-order chi connectivity index (χ0) is 24.6. The second kappa shape index (κ2) is 11.6. The number of hydrogen-bond acceptors (Lipinski definition) is 7. The van der Waals surface area contributed by atoms with Crippen molar-refractivity contribution in [1.29, 1.82) is 0 Å². The zero-order valence-electron chi connectivity index (χ0n) is 18.4. The molecule has 0 aliphatic carbocycles. The Balaban J connectivity index is 1.37. The molecule has 0 aromatic heterocycles. The number of nitrogens with zero attached hydrogens (tertiary/aromatic N) is 2. The predicted molar refractivity (Wildman–Crippen MR) is 123 cm³/mol. The van der Waals surface area contributed by atoms with Gasteiger partial charge in [0.15, 0.2) is 6.61 Å². The summed E-state index contributed by atoms with van der Waals surface area (Å²) in [6, 6.07) is 13.8. The molecule has 1 fully saturated rings. The molecular formula is C22H26N4O7S. The number of hydrogen-bond donors (Lipinski definition) is 2. The minimum absolute atomic E-state index is 0.0639. The second-order valence-corrected chi connectivity index (χ2v) is 9.47. The second-order valence-electron chi connectivity index (χ2n) is 7.70. The van der Waals surface area contributed by atoms with E-state index in [1.54, 1.807) is 17.0 Å². The summed E-state index contributed by atoms with van der Waals surface area (Å²) < 4.78 is 32.4. The van der Waals surface area contributed by atoms with Crippen LogP contribution < -0.4 is 14.8 Å². The summed E-state index contributed by atoms with van der Waals surface area (Å²) in [6.45, 7) is 0.816. The number of piperidine rings is 1. The van der Waals surface area contributed by atoms with Crippen LogP contribution in [-0.2, 0) is 19.6 Å². The molecule has 2 aromatic rings. The lowest BCUT2D eigenvalue weighted by atomic mass is 9.96. The Labute approximate surface area is 197 Å². The van der Waals surface area contributed by atoms with Gasteiger partial charge in [-0.05, 0) is 31.0 Å². The number of nitrogens with one attached hydrogen (secondary N) is 2. The highest BCUT2D eigenvalue weighted by Gasteiger charge is 2.27. The van der Waals surface area contributed by atoms with Crippen LogP contribution in [0.15, 0.2) is 59.5 Å². The molecule has 2 aromatic carbocycles. The van der Waals surface area contributed by atoms with Crippen LogP contribution in [0.5, 0.6) is 5.75 Å². The molecule has 12 heteroatoms. The van der Waals surface area contributed by atoms with E-state index in [-0.39, 0.29) is 48.0 Å². The monoisotopic (exact) mass is 490 g/mol. The van der Waals surface area contributed by atoms with Gasteiger partial charge < -0.3 is 15.0 Å². The summed E-state index contributed by atoms with van der Waals surface area (Å²) >= 11 is 0. The minimum atomic E-state index is -3.94. The molecule has 1 heterocycles. The van der Waals surface area contributed by atoms with Crippen LogP contribution in [0.25, 0.3) is 0 Å². The standard InChI is InChI=1S/C22H26N4O7S/c27-21(16-33-19-6-2-1-3-7-19)25-13-9-17(10-14-25)22(28)23-11-12-24-34(31,32)20-8-4-5-18(15-20)26(29)30/h1-8,15,17,24H,9-14,16H2,(H,23,28). The third kappa shape index (κ3) is 6.99. The predicted octanol–water partition coefficient (Wildman–Crippen LogP) is 1.31. The number of carbonyl (C=O) groups excluding carboxylic acids is 2. The van der Waals surface area contributed by atoms with Crippen LogP contribution >= 0.6 is 0 Å². The first-order valence-corrected chi connectivity index (χ1v) is 12.2. The van der Waals surface area contributed by atoms with Crippen LogP contribution in [0.3, 0.4) is 0 Å². The molecule has 0 spiro atoms. The molecule has 182 valence electrons. The van der Waals surface area contributed by atoms with Gasteiger partial charge in [0.05, 0.1) is 9.82 Å². The maximum atomic E-state index is 12.4. The van der Waals surface area contributed by atoms with E-state index in [0.29, 0.717) is 31.7 Å². The fraction of sp³-hybridized carbons (Fsp3) is 0.364. The van der Waals surface area contributed by atoms with E-state index in [2.05, 4.69) is 10.0 Å². The normalized spacial score (nSPS) is 14.4. The van der Waals surface area contributed by atoms with Gasteiger partial charge in [-0.25, -0.2) is 13.1 Å². The molecule has 2 amide bonds. The summed E-state index contributed by atoms with van der Waals surface area (Å²) in [7, 11) is -3.94. The number of nitro groups is 1. The van der Waals surface area contributed by atoms with Gasteiger partial charge in [-0.3, -0.25) is 19.7 Å². The number of nitro benzene ring substituents is 1.